The molecule has 0 saturated heterocycles. The summed E-state index contributed by atoms with van der Waals surface area (Å²) in [6, 6.07) is 15.5. The molecule has 3 aromatic rings. The van der Waals surface area contributed by atoms with Gasteiger partial charge in [0.05, 0.1) is 20.1 Å². The number of nitrogens with zero attached hydrogens (tertiary/aromatic N) is 1. The number of likely N-dealkylation sites (N-methyl/N-ethyl adjacent to an activating group) is 1. The van der Waals surface area contributed by atoms with Gasteiger partial charge >= 0.3 is 0 Å². The number of benzene rings is 2. The maximum atomic E-state index is 13.4. The van der Waals surface area contributed by atoms with Gasteiger partial charge in [0.25, 0.3) is 11.8 Å². The molecule has 1 heterocycles. The van der Waals surface area contributed by atoms with Crippen molar-refractivity contribution < 1.29 is 19.4 Å². The van der Waals surface area contributed by atoms with Gasteiger partial charge in [-0.25, -0.2) is 0 Å². The van der Waals surface area contributed by atoms with Crippen LogP contribution in [0.25, 0.3) is 0 Å². The van der Waals surface area contributed by atoms with Crippen LogP contribution in [0.4, 0.5) is 5.69 Å². The van der Waals surface area contributed by atoms with E-state index in [0.29, 0.717) is 21.9 Å². The second-order valence-electron chi connectivity index (χ2n) is 8.58. The van der Waals surface area contributed by atoms with Crippen molar-refractivity contribution in [2.24, 2.45) is 0 Å². The van der Waals surface area contributed by atoms with Gasteiger partial charge in [0.15, 0.2) is 0 Å². The molecule has 2 aromatic carbocycles. The molecule has 0 spiro atoms. The van der Waals surface area contributed by atoms with Gasteiger partial charge in [-0.15, -0.1) is 11.3 Å². The average Bonchev–Trinajstić information content (AvgIpc) is 3.19. The number of nitrogens with one attached hydrogen (secondary N) is 1. The number of rotatable bonds is 7. The van der Waals surface area contributed by atoms with E-state index < -0.39 is 14.1 Å². The van der Waals surface area contributed by atoms with Crippen LogP contribution in [0.15, 0.2) is 60.0 Å². The third-order valence-corrected chi connectivity index (χ3v) is 8.17. The molecule has 6 nitrogen and oxygen atoms in total. The number of hydrogen-bond donors (Lipinski definition) is 2. The summed E-state index contributed by atoms with van der Waals surface area (Å²) in [7, 11) is 1.71. The van der Waals surface area contributed by atoms with Crippen LogP contribution in [0.5, 0.6) is 11.5 Å². The largest absolute Gasteiger partial charge is 0.507 e. The first-order chi connectivity index (χ1) is 15.1. The topological polar surface area (TPSA) is 78.9 Å². The number of ether oxygens (including phenoxy) is 1. The molecule has 0 fully saturated rings. The minimum atomic E-state index is -1.44. The lowest BCUT2D eigenvalue weighted by Gasteiger charge is -2.27. The standard InChI is InChI=1S/C24H28N2O4SSi/c1-26(24(29)21-14-18(27)15-31-21)22(16-6-10-19(30-2)11-7-16)23(28)25-17-8-12-20(13-9-17)32(3,4)5/h6-15,22,27H,1-5H3,(H,25,28). The molecule has 0 saturated carbocycles. The lowest BCUT2D eigenvalue weighted by Crippen LogP contribution is -2.39. The van der Waals surface area contributed by atoms with Crippen LogP contribution in [0.1, 0.15) is 21.3 Å². The summed E-state index contributed by atoms with van der Waals surface area (Å²) in [5, 5.41) is 15.4. The molecule has 2 N–H and O–H groups in total. The predicted molar refractivity (Wildman–Crippen MR) is 132 cm³/mol. The van der Waals surface area contributed by atoms with Crippen LogP contribution >= 0.6 is 11.3 Å². The van der Waals surface area contributed by atoms with Crippen molar-refractivity contribution in [3.8, 4) is 11.5 Å². The summed E-state index contributed by atoms with van der Waals surface area (Å²) in [6.45, 7) is 6.80. The molecule has 0 aliphatic heterocycles. The molecular formula is C24H28N2O4SSi. The Morgan fingerprint density at radius 2 is 1.69 bits per heavy atom. The Bertz CT molecular complexity index is 1090. The number of amides is 2. The number of aromatic hydroxyl groups is 1. The van der Waals surface area contributed by atoms with Crippen molar-refractivity contribution in [3.63, 3.8) is 0 Å². The third-order valence-electron chi connectivity index (χ3n) is 5.20. The van der Waals surface area contributed by atoms with E-state index in [0.717, 1.165) is 11.3 Å². The van der Waals surface area contributed by atoms with E-state index >= 15 is 0 Å². The Labute approximate surface area is 193 Å². The smallest absolute Gasteiger partial charge is 0.264 e. The van der Waals surface area contributed by atoms with Crippen molar-refractivity contribution in [2.45, 2.75) is 25.7 Å². The number of methoxy groups -OCH3 is 1. The highest BCUT2D eigenvalue weighted by atomic mass is 32.1. The van der Waals surface area contributed by atoms with Crippen LogP contribution in [-0.2, 0) is 4.79 Å². The van der Waals surface area contributed by atoms with Crippen molar-refractivity contribution >= 4 is 42.1 Å². The SMILES string of the molecule is COc1ccc(C(C(=O)Nc2ccc([Si](C)(C)C)cc2)N(C)C(=O)c2cc(O)cs2)cc1. The van der Waals surface area contributed by atoms with E-state index in [4.69, 9.17) is 4.74 Å². The first-order valence-corrected chi connectivity index (χ1v) is 14.6. The average molecular weight is 469 g/mol. The maximum absolute atomic E-state index is 13.4. The number of hydrogen-bond acceptors (Lipinski definition) is 5. The summed E-state index contributed by atoms with van der Waals surface area (Å²) in [4.78, 5) is 28.1. The van der Waals surface area contributed by atoms with Crippen LogP contribution in [0.2, 0.25) is 19.6 Å². The molecule has 0 aliphatic rings. The first-order valence-electron chi connectivity index (χ1n) is 10.2. The van der Waals surface area contributed by atoms with E-state index in [-0.39, 0.29) is 17.6 Å². The van der Waals surface area contributed by atoms with Crippen LogP contribution in [-0.4, -0.2) is 44.1 Å². The molecule has 8 heteroatoms. The summed E-state index contributed by atoms with van der Waals surface area (Å²) >= 11 is 1.14. The minimum Gasteiger partial charge on any atom is -0.507 e. The predicted octanol–water partition coefficient (Wildman–Crippen LogP) is 4.46. The molecule has 0 radical (unpaired) electrons. The first kappa shape index (κ1) is 23.6. The molecular weight excluding hydrogens is 440 g/mol. The second kappa shape index (κ2) is 9.58. The molecule has 3 rings (SSSR count). The summed E-state index contributed by atoms with van der Waals surface area (Å²) in [6.07, 6.45) is 0. The molecule has 0 bridgehead atoms. The van der Waals surface area contributed by atoms with Gasteiger partial charge in [-0.05, 0) is 29.8 Å². The number of carbonyl (C=O) groups is 2. The van der Waals surface area contributed by atoms with Crippen LogP contribution < -0.4 is 15.2 Å². The monoisotopic (exact) mass is 468 g/mol. The Balaban J connectivity index is 1.90. The number of carbonyl (C=O) groups excluding carboxylic acids is 2. The van der Waals surface area contributed by atoms with Gasteiger partial charge in [0.1, 0.15) is 17.5 Å². The van der Waals surface area contributed by atoms with Gasteiger partial charge in [0.2, 0.25) is 0 Å². The number of anilines is 1. The van der Waals surface area contributed by atoms with Gasteiger partial charge in [-0.3, -0.25) is 9.59 Å². The summed E-state index contributed by atoms with van der Waals surface area (Å²) < 4.78 is 5.22. The van der Waals surface area contributed by atoms with E-state index in [1.54, 1.807) is 38.4 Å². The molecule has 1 atom stereocenters. The quantitative estimate of drug-likeness (QED) is 0.502. The van der Waals surface area contributed by atoms with Gasteiger partial charge in [0, 0.05) is 24.2 Å². The fraction of sp³-hybridized carbons (Fsp3) is 0.250. The molecule has 2 amide bonds. The molecule has 1 aromatic heterocycles. The minimum absolute atomic E-state index is 0.0275. The van der Waals surface area contributed by atoms with Gasteiger partial charge < -0.3 is 20.1 Å². The highest BCUT2D eigenvalue weighted by Crippen LogP contribution is 2.28. The zero-order valence-corrected chi connectivity index (χ0v) is 20.7. The Morgan fingerprint density at radius 3 is 2.19 bits per heavy atom. The highest BCUT2D eigenvalue weighted by molar-refractivity contribution is 7.12. The van der Waals surface area contributed by atoms with Gasteiger partial charge in [-0.2, -0.15) is 0 Å². The molecule has 32 heavy (non-hydrogen) atoms. The third kappa shape index (κ3) is 5.38. The molecule has 1 unspecified atom stereocenters. The Morgan fingerprint density at radius 1 is 1.06 bits per heavy atom. The van der Waals surface area contributed by atoms with Crippen molar-refractivity contribution in [2.75, 3.05) is 19.5 Å². The lowest BCUT2D eigenvalue weighted by molar-refractivity contribution is -0.120. The zero-order chi connectivity index (χ0) is 23.5. The van der Waals surface area contributed by atoms with Crippen molar-refractivity contribution in [3.05, 3.63) is 70.4 Å². The normalized spacial score (nSPS) is 12.2. The van der Waals surface area contributed by atoms with E-state index in [2.05, 4.69) is 25.0 Å². The summed E-state index contributed by atoms with van der Waals surface area (Å²) in [5.41, 5.74) is 1.32. The fourth-order valence-corrected chi connectivity index (χ4v) is 5.25. The van der Waals surface area contributed by atoms with Crippen molar-refractivity contribution in [1.82, 2.24) is 4.90 Å². The highest BCUT2D eigenvalue weighted by Gasteiger charge is 2.30. The molecule has 0 aliphatic carbocycles. The van der Waals surface area contributed by atoms with Gasteiger partial charge in [-0.1, -0.05) is 49.1 Å². The van der Waals surface area contributed by atoms with Crippen LogP contribution in [0, 0.1) is 0 Å². The molecule has 168 valence electrons. The summed E-state index contributed by atoms with van der Waals surface area (Å²) in [5.74, 6) is 0.0135. The second-order valence-corrected chi connectivity index (χ2v) is 14.6. The van der Waals surface area contributed by atoms with E-state index in [1.165, 1.54) is 21.5 Å². The fourth-order valence-electron chi connectivity index (χ4n) is 3.33. The van der Waals surface area contributed by atoms with E-state index in [1.807, 2.05) is 24.3 Å². The Kier molecular flexibility index (Phi) is 7.05. The maximum Gasteiger partial charge on any atom is 0.264 e. The van der Waals surface area contributed by atoms with Crippen LogP contribution in [0.3, 0.4) is 0 Å². The zero-order valence-electron chi connectivity index (χ0n) is 18.9. The Hall–Kier alpha value is -3.10. The lowest BCUT2D eigenvalue weighted by atomic mass is 10.0. The van der Waals surface area contributed by atoms with E-state index in [9.17, 15) is 14.7 Å². The number of thiophene rings is 1. The van der Waals surface area contributed by atoms with Crippen molar-refractivity contribution in [1.29, 1.82) is 0 Å².